The van der Waals surface area contributed by atoms with E-state index >= 15 is 0 Å². The highest BCUT2D eigenvalue weighted by Gasteiger charge is 2.80. The Morgan fingerprint density at radius 2 is 1.30 bits per heavy atom. The molecular weight excluding hydrogens is 418 g/mol. The zero-order chi connectivity index (χ0) is 16.4. The molecule has 0 spiro atoms. The molecule has 0 aliphatic carbocycles. The Hall–Kier alpha value is 0.1000. The molecule has 0 aliphatic heterocycles. The lowest BCUT2D eigenvalue weighted by molar-refractivity contribution is -0.384. The van der Waals surface area contributed by atoms with Crippen molar-refractivity contribution in [2.75, 3.05) is 0 Å². The molecule has 0 aromatic rings. The summed E-state index contributed by atoms with van der Waals surface area (Å²) in [5, 5.41) is 0. The molecule has 122 valence electrons. The molecule has 0 radical (unpaired) electrons. The van der Waals surface area contributed by atoms with Gasteiger partial charge in [-0.05, 0) is 6.42 Å². The molecule has 0 aromatic carbocycles. The highest BCUT2D eigenvalue weighted by atomic mass is 127. The number of halogens is 10. The van der Waals surface area contributed by atoms with Crippen molar-refractivity contribution in [1.82, 2.24) is 0 Å². The molecule has 0 saturated heterocycles. The Labute approximate surface area is 123 Å². The van der Waals surface area contributed by atoms with Gasteiger partial charge in [-0.25, -0.2) is 4.39 Å². The maximum atomic E-state index is 13.7. The summed E-state index contributed by atoms with van der Waals surface area (Å²) in [4.78, 5) is 0. The van der Waals surface area contributed by atoms with E-state index in [4.69, 9.17) is 0 Å². The minimum absolute atomic E-state index is 0.0766. The molecule has 0 bridgehead atoms. The van der Waals surface area contributed by atoms with Crippen molar-refractivity contribution >= 4 is 22.6 Å². The molecule has 0 heterocycles. The Balaban J connectivity index is 5.45. The maximum Gasteiger partial charge on any atom is 0.457 e. The van der Waals surface area contributed by atoms with E-state index in [1.165, 1.54) is 22.6 Å². The van der Waals surface area contributed by atoms with Crippen molar-refractivity contribution in [3.05, 3.63) is 0 Å². The summed E-state index contributed by atoms with van der Waals surface area (Å²) >= 11 is 1.26. The van der Waals surface area contributed by atoms with E-state index in [-0.39, 0.29) is 6.42 Å². The summed E-state index contributed by atoms with van der Waals surface area (Å²) in [6, 6.07) is 0. The van der Waals surface area contributed by atoms with Gasteiger partial charge in [0.2, 0.25) is 0 Å². The number of rotatable bonds is 6. The van der Waals surface area contributed by atoms with Gasteiger partial charge in [-0.1, -0.05) is 42.4 Å². The van der Waals surface area contributed by atoms with Crippen molar-refractivity contribution in [2.45, 2.75) is 60.5 Å². The molecule has 0 aromatic heterocycles. The second-order valence-electron chi connectivity index (χ2n) is 4.31. The molecule has 10 heteroatoms. The molecule has 0 fully saturated rings. The summed E-state index contributed by atoms with van der Waals surface area (Å²) in [5.74, 6) is -6.49. The minimum atomic E-state index is -6.61. The van der Waals surface area contributed by atoms with Gasteiger partial charge >= 0.3 is 18.3 Å². The molecule has 0 amide bonds. The quantitative estimate of drug-likeness (QED) is 0.282. The minimum Gasteiger partial charge on any atom is -0.227 e. The lowest BCUT2D eigenvalue weighted by atomic mass is 9.89. The molecule has 0 saturated carbocycles. The summed E-state index contributed by atoms with van der Waals surface area (Å²) in [7, 11) is 0. The highest BCUT2D eigenvalue weighted by Crippen LogP contribution is 2.55. The average Bonchev–Trinajstić information content (AvgIpc) is 2.22. The molecule has 0 unspecified atom stereocenters. The van der Waals surface area contributed by atoms with Crippen molar-refractivity contribution in [2.24, 2.45) is 0 Å². The number of alkyl halides is 10. The normalized spacial score (nSPS) is 18.8. The van der Waals surface area contributed by atoms with E-state index < -0.39 is 34.3 Å². The predicted molar refractivity (Wildman–Crippen MR) is 62.8 cm³/mol. The van der Waals surface area contributed by atoms with E-state index in [0.717, 1.165) is 0 Å². The van der Waals surface area contributed by atoms with Crippen LogP contribution in [0.5, 0.6) is 0 Å². The fourth-order valence-electron chi connectivity index (χ4n) is 1.48. The van der Waals surface area contributed by atoms with Crippen LogP contribution in [-0.2, 0) is 0 Å². The van der Waals surface area contributed by atoms with Gasteiger partial charge in [-0.2, -0.15) is 35.1 Å². The monoisotopic (exact) mass is 430 g/mol. The first-order chi connectivity index (χ1) is 8.70. The van der Waals surface area contributed by atoms with Crippen LogP contribution in [0.3, 0.4) is 0 Å². The summed E-state index contributed by atoms with van der Waals surface area (Å²) in [6.07, 6.45) is -14.1. The third-order valence-corrected chi connectivity index (χ3v) is 3.74. The third-order valence-electron chi connectivity index (χ3n) is 2.68. The Morgan fingerprint density at radius 1 is 0.850 bits per heavy atom. The van der Waals surface area contributed by atoms with E-state index in [9.17, 15) is 39.5 Å². The molecule has 0 N–H and O–H groups in total. The number of unbranched alkanes of at least 4 members (excludes halogenated alkanes) is 1. The molecule has 20 heavy (non-hydrogen) atoms. The molecule has 0 rings (SSSR count). The largest absolute Gasteiger partial charge is 0.457 e. The number of hydrogen-bond acceptors (Lipinski definition) is 0. The van der Waals surface area contributed by atoms with Crippen LogP contribution >= 0.6 is 22.6 Å². The molecule has 0 nitrogen and oxygen atoms in total. The number of hydrogen-bond donors (Lipinski definition) is 0. The highest BCUT2D eigenvalue weighted by molar-refractivity contribution is 14.1. The summed E-state index contributed by atoms with van der Waals surface area (Å²) < 4.78 is 112. The second kappa shape index (κ2) is 6.47. The zero-order valence-corrected chi connectivity index (χ0v) is 12.3. The van der Waals surface area contributed by atoms with Crippen LogP contribution in [0.25, 0.3) is 0 Å². The Morgan fingerprint density at radius 3 is 1.60 bits per heavy atom. The van der Waals surface area contributed by atoms with Crippen molar-refractivity contribution < 1.29 is 39.5 Å². The van der Waals surface area contributed by atoms with E-state index in [0.29, 0.717) is 12.8 Å². The molecular formula is C10H12F9I. The van der Waals surface area contributed by atoms with Gasteiger partial charge in [0.05, 0.1) is 0 Å². The van der Waals surface area contributed by atoms with Crippen molar-refractivity contribution in [3.63, 3.8) is 0 Å². The smallest absolute Gasteiger partial charge is 0.227 e. The van der Waals surface area contributed by atoms with Gasteiger partial charge in [-0.15, -0.1) is 0 Å². The van der Waals surface area contributed by atoms with Crippen LogP contribution in [0.2, 0.25) is 0 Å². The van der Waals surface area contributed by atoms with Gasteiger partial charge in [0, 0.05) is 10.3 Å². The van der Waals surface area contributed by atoms with E-state index in [2.05, 4.69) is 0 Å². The fourth-order valence-corrected chi connectivity index (χ4v) is 2.53. The van der Waals surface area contributed by atoms with Gasteiger partial charge in [0.15, 0.2) is 0 Å². The maximum absolute atomic E-state index is 13.7. The van der Waals surface area contributed by atoms with E-state index in [1.807, 2.05) is 0 Å². The Kier molecular flexibility index (Phi) is 6.50. The van der Waals surface area contributed by atoms with Gasteiger partial charge in [0.1, 0.15) is 0 Å². The topological polar surface area (TPSA) is 0 Å². The Bertz CT molecular complexity index is 309. The van der Waals surface area contributed by atoms with Crippen LogP contribution in [0.1, 0.15) is 32.6 Å². The van der Waals surface area contributed by atoms with Crippen LogP contribution < -0.4 is 0 Å². The predicted octanol–water partition coefficient (Wildman–Crippen LogP) is 5.84. The van der Waals surface area contributed by atoms with Gasteiger partial charge in [-0.3, -0.25) is 0 Å². The lowest BCUT2D eigenvalue weighted by Crippen LogP contribution is -2.62. The fraction of sp³-hybridized carbons (Fsp3) is 1.00. The standard InChI is InChI=1S/C10H12F9I/c1-2-3-4-6(20)5-7(11,9(14,15)16)8(12,13)10(17,18)19/h6H,2-5H2,1H3/t6-,7+/m1/s1. The average molecular weight is 430 g/mol. The molecule has 0 aliphatic rings. The van der Waals surface area contributed by atoms with Gasteiger partial charge < -0.3 is 0 Å². The lowest BCUT2D eigenvalue weighted by Gasteiger charge is -2.37. The van der Waals surface area contributed by atoms with Gasteiger partial charge in [0.25, 0.3) is 5.67 Å². The SMILES string of the molecule is CCCC[C@@H](I)C[C@@](F)(C(F)(F)F)C(F)(F)C(F)(F)F. The van der Waals surface area contributed by atoms with Crippen LogP contribution in [0.4, 0.5) is 39.5 Å². The summed E-state index contributed by atoms with van der Waals surface area (Å²) in [5.41, 5.74) is -5.63. The van der Waals surface area contributed by atoms with E-state index in [1.54, 1.807) is 6.92 Å². The van der Waals surface area contributed by atoms with Crippen LogP contribution in [0.15, 0.2) is 0 Å². The van der Waals surface area contributed by atoms with Crippen LogP contribution in [0, 0.1) is 0 Å². The second-order valence-corrected chi connectivity index (χ2v) is 6.08. The first-order valence-electron chi connectivity index (χ1n) is 5.55. The molecule has 2 atom stereocenters. The first-order valence-corrected chi connectivity index (χ1v) is 6.79. The van der Waals surface area contributed by atoms with Crippen LogP contribution in [-0.4, -0.2) is 27.9 Å². The van der Waals surface area contributed by atoms with Crippen molar-refractivity contribution in [1.29, 1.82) is 0 Å². The summed E-state index contributed by atoms with van der Waals surface area (Å²) in [6.45, 7) is 1.65. The first kappa shape index (κ1) is 20.1. The third kappa shape index (κ3) is 4.06. The zero-order valence-electron chi connectivity index (χ0n) is 10.2. The van der Waals surface area contributed by atoms with Crippen molar-refractivity contribution in [3.8, 4) is 0 Å².